The topological polar surface area (TPSA) is 75.6 Å². The van der Waals surface area contributed by atoms with Gasteiger partial charge < -0.3 is 19.9 Å². The molecule has 1 aliphatic rings. The summed E-state index contributed by atoms with van der Waals surface area (Å²) in [5.74, 6) is -0.877. The molecule has 2 amide bonds. The lowest BCUT2D eigenvalue weighted by molar-refractivity contribution is -0.136. The van der Waals surface area contributed by atoms with Crippen LogP contribution >= 0.6 is 0 Å². The Hall–Kier alpha value is -2.64. The van der Waals surface area contributed by atoms with Gasteiger partial charge in [0.15, 0.2) is 0 Å². The van der Waals surface area contributed by atoms with E-state index in [2.05, 4.69) is 29.4 Å². The summed E-state index contributed by atoms with van der Waals surface area (Å²) in [6.07, 6.45) is 1.98. The van der Waals surface area contributed by atoms with Crippen LogP contribution in [0.1, 0.15) is 37.1 Å². The Bertz CT molecular complexity index is 823. The van der Waals surface area contributed by atoms with Crippen LogP contribution in [0.25, 0.3) is 0 Å². The minimum Gasteiger partial charge on any atom is -0.379 e. The van der Waals surface area contributed by atoms with Crippen LogP contribution < -0.4 is 10.6 Å². The fourth-order valence-corrected chi connectivity index (χ4v) is 3.54. The van der Waals surface area contributed by atoms with E-state index in [1.165, 1.54) is 5.56 Å². The van der Waals surface area contributed by atoms with Gasteiger partial charge in [0.05, 0.1) is 19.3 Å². The van der Waals surface area contributed by atoms with Crippen molar-refractivity contribution < 1.29 is 14.3 Å². The number of benzene rings is 1. The van der Waals surface area contributed by atoms with Gasteiger partial charge in [0.25, 0.3) is 0 Å². The molecule has 156 valence electrons. The van der Waals surface area contributed by atoms with E-state index in [4.69, 9.17) is 4.74 Å². The molecule has 0 saturated carbocycles. The zero-order chi connectivity index (χ0) is 20.8. The molecule has 2 heterocycles. The summed E-state index contributed by atoms with van der Waals surface area (Å²) in [5.41, 5.74) is 2.89. The van der Waals surface area contributed by atoms with Crippen LogP contribution in [0.15, 0.2) is 42.6 Å². The smallest absolute Gasteiger partial charge is 0.313 e. The van der Waals surface area contributed by atoms with Gasteiger partial charge in [0, 0.05) is 44.3 Å². The van der Waals surface area contributed by atoms with E-state index in [9.17, 15) is 9.59 Å². The summed E-state index contributed by atoms with van der Waals surface area (Å²) in [7, 11) is 1.98. The average Bonchev–Trinajstić information content (AvgIpc) is 3.15. The number of carbonyl (C=O) groups excluding carboxylic acids is 2. The number of ether oxygens (including phenoxy) is 1. The van der Waals surface area contributed by atoms with Crippen molar-refractivity contribution in [3.05, 3.63) is 53.9 Å². The molecule has 29 heavy (non-hydrogen) atoms. The first-order chi connectivity index (χ1) is 14.0. The third-order valence-electron chi connectivity index (χ3n) is 5.31. The first kappa shape index (κ1) is 21.1. The molecule has 1 aromatic carbocycles. The highest BCUT2D eigenvalue weighted by molar-refractivity contribution is 6.39. The molecule has 0 aliphatic carbocycles. The van der Waals surface area contributed by atoms with Crippen LogP contribution in [0.4, 0.5) is 5.69 Å². The van der Waals surface area contributed by atoms with Crippen LogP contribution in [0.2, 0.25) is 0 Å². The molecule has 2 N–H and O–H groups in total. The van der Waals surface area contributed by atoms with Gasteiger partial charge in [-0.2, -0.15) is 0 Å². The monoisotopic (exact) mass is 398 g/mol. The summed E-state index contributed by atoms with van der Waals surface area (Å²) in [6, 6.07) is 11.6. The molecule has 0 unspecified atom stereocenters. The highest BCUT2D eigenvalue weighted by Gasteiger charge is 2.26. The molecule has 0 radical (unpaired) electrons. The minimum atomic E-state index is -0.657. The molecule has 3 rings (SSSR count). The van der Waals surface area contributed by atoms with Crippen molar-refractivity contribution in [2.75, 3.05) is 38.2 Å². The van der Waals surface area contributed by atoms with E-state index in [1.807, 2.05) is 54.2 Å². The van der Waals surface area contributed by atoms with E-state index in [0.717, 1.165) is 18.8 Å². The number of carbonyl (C=O) groups is 2. The van der Waals surface area contributed by atoms with Crippen LogP contribution in [0, 0.1) is 0 Å². The fourth-order valence-electron chi connectivity index (χ4n) is 3.54. The Morgan fingerprint density at radius 1 is 1.07 bits per heavy atom. The van der Waals surface area contributed by atoms with Gasteiger partial charge in [-0.1, -0.05) is 26.0 Å². The first-order valence-corrected chi connectivity index (χ1v) is 10.1. The second-order valence-corrected chi connectivity index (χ2v) is 7.65. The standard InChI is InChI=1S/C22H30N4O3/c1-16(2)17-6-8-18(9-7-17)24-22(28)21(27)23-15-20(19-5-4-10-25(19)3)26-11-13-29-14-12-26/h4-10,16,20H,11-15H2,1-3H3,(H,23,27)(H,24,28)/t20-/m0/s1. The number of amides is 2. The van der Waals surface area contributed by atoms with Crippen molar-refractivity contribution in [1.82, 2.24) is 14.8 Å². The number of hydrogen-bond acceptors (Lipinski definition) is 4. The van der Waals surface area contributed by atoms with Crippen molar-refractivity contribution in [3.63, 3.8) is 0 Å². The molecule has 1 saturated heterocycles. The third kappa shape index (κ3) is 5.46. The fraction of sp³-hybridized carbons (Fsp3) is 0.455. The molecule has 1 fully saturated rings. The van der Waals surface area contributed by atoms with Crippen molar-refractivity contribution in [1.29, 1.82) is 0 Å². The number of aromatic nitrogens is 1. The second kappa shape index (κ2) is 9.71. The van der Waals surface area contributed by atoms with Crippen LogP contribution in [0.3, 0.4) is 0 Å². The quantitative estimate of drug-likeness (QED) is 0.732. The Morgan fingerprint density at radius 3 is 2.34 bits per heavy atom. The number of aryl methyl sites for hydroxylation is 1. The Balaban J connectivity index is 1.60. The number of nitrogens with zero attached hydrogens (tertiary/aromatic N) is 2. The molecule has 0 spiro atoms. The molecule has 7 heteroatoms. The number of rotatable bonds is 6. The minimum absolute atomic E-state index is 0.0130. The Morgan fingerprint density at radius 2 is 1.76 bits per heavy atom. The zero-order valence-corrected chi connectivity index (χ0v) is 17.4. The highest BCUT2D eigenvalue weighted by atomic mass is 16.5. The summed E-state index contributed by atoms with van der Waals surface area (Å²) in [5, 5.41) is 5.47. The molecule has 1 aromatic heterocycles. The van der Waals surface area contributed by atoms with Gasteiger partial charge in [-0.15, -0.1) is 0 Å². The molecule has 1 aliphatic heterocycles. The maximum Gasteiger partial charge on any atom is 0.313 e. The SMILES string of the molecule is CC(C)c1ccc(NC(=O)C(=O)NC[C@@H](c2cccn2C)N2CCOCC2)cc1. The zero-order valence-electron chi connectivity index (χ0n) is 17.4. The van der Waals surface area contributed by atoms with Crippen LogP contribution in [-0.2, 0) is 21.4 Å². The summed E-state index contributed by atoms with van der Waals surface area (Å²) < 4.78 is 7.50. The molecule has 0 bridgehead atoms. The number of morpholine rings is 1. The predicted molar refractivity (Wildman–Crippen MR) is 113 cm³/mol. The lowest BCUT2D eigenvalue weighted by Crippen LogP contribution is -2.46. The average molecular weight is 399 g/mol. The van der Waals surface area contributed by atoms with Gasteiger partial charge in [-0.3, -0.25) is 14.5 Å². The highest BCUT2D eigenvalue weighted by Crippen LogP contribution is 2.21. The van der Waals surface area contributed by atoms with Crippen molar-refractivity contribution >= 4 is 17.5 Å². The van der Waals surface area contributed by atoms with E-state index in [1.54, 1.807) is 0 Å². The van der Waals surface area contributed by atoms with E-state index in [-0.39, 0.29) is 6.04 Å². The Kier molecular flexibility index (Phi) is 7.06. The van der Waals surface area contributed by atoms with Gasteiger partial charge >= 0.3 is 11.8 Å². The van der Waals surface area contributed by atoms with Gasteiger partial charge in [-0.05, 0) is 35.7 Å². The van der Waals surface area contributed by atoms with Crippen molar-refractivity contribution in [3.8, 4) is 0 Å². The third-order valence-corrected chi connectivity index (χ3v) is 5.31. The summed E-state index contributed by atoms with van der Waals surface area (Å²) >= 11 is 0. The van der Waals surface area contributed by atoms with E-state index in [0.29, 0.717) is 31.4 Å². The normalized spacial score (nSPS) is 15.9. The lowest BCUT2D eigenvalue weighted by atomic mass is 10.0. The Labute approximate surface area is 172 Å². The van der Waals surface area contributed by atoms with Gasteiger partial charge in [0.1, 0.15) is 0 Å². The van der Waals surface area contributed by atoms with Gasteiger partial charge in [-0.25, -0.2) is 0 Å². The molecular weight excluding hydrogens is 368 g/mol. The summed E-state index contributed by atoms with van der Waals surface area (Å²) in [6.45, 7) is 7.50. The maximum absolute atomic E-state index is 12.4. The van der Waals surface area contributed by atoms with Crippen molar-refractivity contribution in [2.24, 2.45) is 7.05 Å². The molecule has 1 atom stereocenters. The maximum atomic E-state index is 12.4. The van der Waals surface area contributed by atoms with Crippen LogP contribution in [0.5, 0.6) is 0 Å². The lowest BCUT2D eigenvalue weighted by Gasteiger charge is -2.34. The summed E-state index contributed by atoms with van der Waals surface area (Å²) in [4.78, 5) is 27.0. The van der Waals surface area contributed by atoms with E-state index < -0.39 is 11.8 Å². The largest absolute Gasteiger partial charge is 0.379 e. The van der Waals surface area contributed by atoms with E-state index >= 15 is 0 Å². The first-order valence-electron chi connectivity index (χ1n) is 10.1. The number of anilines is 1. The molecular formula is C22H30N4O3. The molecule has 2 aromatic rings. The number of nitrogens with one attached hydrogen (secondary N) is 2. The number of hydrogen-bond donors (Lipinski definition) is 2. The van der Waals surface area contributed by atoms with Gasteiger partial charge in [0.2, 0.25) is 0 Å². The predicted octanol–water partition coefficient (Wildman–Crippen LogP) is 2.28. The second-order valence-electron chi connectivity index (χ2n) is 7.65. The van der Waals surface area contributed by atoms with Crippen molar-refractivity contribution in [2.45, 2.75) is 25.8 Å². The molecule has 7 nitrogen and oxygen atoms in total. The van der Waals surface area contributed by atoms with Crippen LogP contribution in [-0.4, -0.2) is 54.1 Å².